The molecule has 2 N–H and O–H groups in total. The number of amides is 2. The largest absolute Gasteiger partial charge is 0.354 e. The van der Waals surface area contributed by atoms with Crippen molar-refractivity contribution >= 4 is 11.8 Å². The molecule has 0 unspecified atom stereocenters. The smallest absolute Gasteiger partial charge is 0.242 e. The van der Waals surface area contributed by atoms with Crippen LogP contribution in [0.25, 0.3) is 0 Å². The second kappa shape index (κ2) is 8.23. The minimum Gasteiger partial charge on any atom is -0.354 e. The van der Waals surface area contributed by atoms with Crippen molar-refractivity contribution in [1.82, 2.24) is 30.3 Å². The molecule has 132 valence electrons. The molecule has 2 atom stereocenters. The van der Waals surface area contributed by atoms with E-state index in [1.54, 1.807) is 6.33 Å². The summed E-state index contributed by atoms with van der Waals surface area (Å²) in [5, 5.41) is 9.93. The van der Waals surface area contributed by atoms with Gasteiger partial charge in [0.2, 0.25) is 11.8 Å². The summed E-state index contributed by atoms with van der Waals surface area (Å²) in [7, 11) is 0. The summed E-state index contributed by atoms with van der Waals surface area (Å²) in [6, 6.07) is -0.104. The molecule has 8 nitrogen and oxygen atoms in total. The van der Waals surface area contributed by atoms with E-state index in [9.17, 15) is 9.59 Å². The van der Waals surface area contributed by atoms with Crippen LogP contribution in [0.1, 0.15) is 38.5 Å². The lowest BCUT2D eigenvalue weighted by Gasteiger charge is -2.35. The molecular weight excluding hydrogens is 308 g/mol. The Morgan fingerprint density at radius 2 is 2.17 bits per heavy atom. The number of carbonyl (C=O) groups is 2. The van der Waals surface area contributed by atoms with Crippen LogP contribution in [0.15, 0.2) is 12.7 Å². The Morgan fingerprint density at radius 3 is 3.00 bits per heavy atom. The fraction of sp³-hybridized carbons (Fsp3) is 0.750. The molecule has 0 aliphatic carbocycles. The summed E-state index contributed by atoms with van der Waals surface area (Å²) in [6.45, 7) is 2.70. The summed E-state index contributed by atoms with van der Waals surface area (Å²) in [6.07, 6.45) is 9.23. The van der Waals surface area contributed by atoms with Gasteiger partial charge in [0.1, 0.15) is 18.7 Å². The van der Waals surface area contributed by atoms with Crippen LogP contribution in [0.3, 0.4) is 0 Å². The quantitative estimate of drug-likeness (QED) is 0.786. The number of piperidine rings is 1. The van der Waals surface area contributed by atoms with Crippen LogP contribution >= 0.6 is 0 Å². The normalized spacial score (nSPS) is 25.8. The van der Waals surface area contributed by atoms with E-state index >= 15 is 0 Å². The molecule has 0 aromatic carbocycles. The maximum Gasteiger partial charge on any atom is 0.242 e. The van der Waals surface area contributed by atoms with Gasteiger partial charge in [-0.3, -0.25) is 19.2 Å². The van der Waals surface area contributed by atoms with Crippen LogP contribution in [0.5, 0.6) is 0 Å². The van der Waals surface area contributed by atoms with Gasteiger partial charge >= 0.3 is 0 Å². The second-order valence-corrected chi connectivity index (χ2v) is 6.64. The lowest BCUT2D eigenvalue weighted by molar-refractivity contribution is -0.130. The Bertz CT molecular complexity index is 547. The molecule has 0 bridgehead atoms. The fourth-order valence-electron chi connectivity index (χ4n) is 3.52. The molecule has 3 heterocycles. The van der Waals surface area contributed by atoms with Crippen LogP contribution < -0.4 is 10.6 Å². The molecule has 3 rings (SSSR count). The molecule has 1 aromatic heterocycles. The fourth-order valence-corrected chi connectivity index (χ4v) is 3.52. The van der Waals surface area contributed by atoms with E-state index in [1.165, 1.54) is 12.7 Å². The third-order valence-corrected chi connectivity index (χ3v) is 4.83. The van der Waals surface area contributed by atoms with Gasteiger partial charge < -0.3 is 10.6 Å². The van der Waals surface area contributed by atoms with Crippen molar-refractivity contribution < 1.29 is 9.59 Å². The number of hydrogen-bond acceptors (Lipinski definition) is 5. The summed E-state index contributed by atoms with van der Waals surface area (Å²) >= 11 is 0. The highest BCUT2D eigenvalue weighted by Crippen LogP contribution is 2.18. The minimum absolute atomic E-state index is 0.0568. The molecule has 2 fully saturated rings. The van der Waals surface area contributed by atoms with Gasteiger partial charge in [0.25, 0.3) is 0 Å². The predicted octanol–water partition coefficient (Wildman–Crippen LogP) is -0.0825. The average molecular weight is 334 g/mol. The Balaban J connectivity index is 1.54. The van der Waals surface area contributed by atoms with Crippen molar-refractivity contribution in [3.05, 3.63) is 12.7 Å². The number of nitrogens with zero attached hydrogens (tertiary/aromatic N) is 4. The number of nitrogens with one attached hydrogen (secondary N) is 2. The Hall–Kier alpha value is -1.96. The third-order valence-electron chi connectivity index (χ3n) is 4.83. The van der Waals surface area contributed by atoms with Crippen LogP contribution in [0.2, 0.25) is 0 Å². The number of carbonyl (C=O) groups excluding carboxylic acids is 2. The highest BCUT2D eigenvalue weighted by atomic mass is 16.2. The molecule has 2 aliphatic rings. The monoisotopic (exact) mass is 334 g/mol. The summed E-state index contributed by atoms with van der Waals surface area (Å²) in [5.41, 5.74) is 0. The second-order valence-electron chi connectivity index (χ2n) is 6.64. The molecule has 8 heteroatoms. The van der Waals surface area contributed by atoms with Gasteiger partial charge in [0.05, 0.1) is 13.1 Å². The molecule has 0 radical (unpaired) electrons. The topological polar surface area (TPSA) is 92.2 Å². The van der Waals surface area contributed by atoms with Gasteiger partial charge in [-0.05, 0) is 38.6 Å². The molecule has 1 aromatic rings. The third kappa shape index (κ3) is 4.53. The van der Waals surface area contributed by atoms with Crippen molar-refractivity contribution in [2.24, 2.45) is 0 Å². The first-order valence-corrected chi connectivity index (χ1v) is 8.86. The lowest BCUT2D eigenvalue weighted by Crippen LogP contribution is -2.51. The zero-order valence-corrected chi connectivity index (χ0v) is 14.0. The molecule has 0 spiro atoms. The van der Waals surface area contributed by atoms with Crippen LogP contribution in [0.4, 0.5) is 0 Å². The van der Waals surface area contributed by atoms with Crippen LogP contribution in [-0.2, 0) is 16.1 Å². The summed E-state index contributed by atoms with van der Waals surface area (Å²) in [4.78, 5) is 30.6. The number of rotatable bonds is 5. The molecule has 2 amide bonds. The van der Waals surface area contributed by atoms with Gasteiger partial charge in [-0.2, -0.15) is 5.10 Å². The predicted molar refractivity (Wildman–Crippen MR) is 88.0 cm³/mol. The maximum atomic E-state index is 12.4. The van der Waals surface area contributed by atoms with Crippen LogP contribution in [0, 0.1) is 0 Å². The number of hydrogen-bond donors (Lipinski definition) is 2. The average Bonchev–Trinajstić information content (AvgIpc) is 3.00. The Kier molecular flexibility index (Phi) is 5.79. The minimum atomic E-state index is -0.390. The maximum absolute atomic E-state index is 12.4. The number of likely N-dealkylation sites (tertiary alicyclic amines) is 1. The van der Waals surface area contributed by atoms with Crippen molar-refractivity contribution in [1.29, 1.82) is 0 Å². The highest BCUT2D eigenvalue weighted by Gasteiger charge is 2.27. The van der Waals surface area contributed by atoms with Crippen LogP contribution in [-0.4, -0.2) is 63.2 Å². The highest BCUT2D eigenvalue weighted by molar-refractivity contribution is 5.88. The Labute approximate surface area is 142 Å². The van der Waals surface area contributed by atoms with E-state index in [-0.39, 0.29) is 17.9 Å². The van der Waals surface area contributed by atoms with Crippen molar-refractivity contribution in [3.63, 3.8) is 0 Å². The molecule has 2 aliphatic heterocycles. The van der Waals surface area contributed by atoms with Gasteiger partial charge in [-0.25, -0.2) is 4.98 Å². The van der Waals surface area contributed by atoms with Crippen molar-refractivity contribution in [2.75, 3.05) is 19.6 Å². The van der Waals surface area contributed by atoms with Crippen molar-refractivity contribution in [3.8, 4) is 0 Å². The van der Waals surface area contributed by atoms with E-state index in [4.69, 9.17) is 0 Å². The van der Waals surface area contributed by atoms with E-state index in [2.05, 4.69) is 25.6 Å². The van der Waals surface area contributed by atoms with E-state index in [0.29, 0.717) is 13.1 Å². The first-order valence-electron chi connectivity index (χ1n) is 8.86. The van der Waals surface area contributed by atoms with Gasteiger partial charge in [0.15, 0.2) is 0 Å². The zero-order chi connectivity index (χ0) is 16.8. The Morgan fingerprint density at radius 1 is 1.29 bits per heavy atom. The lowest BCUT2D eigenvalue weighted by atomic mass is 10.0. The SMILES string of the molecule is O=C(CN1CCCC[C@@H]1Cn1cncn1)N[C@@H]1CCCCNC1=O. The van der Waals surface area contributed by atoms with Gasteiger partial charge in [0, 0.05) is 12.6 Å². The van der Waals surface area contributed by atoms with E-state index in [0.717, 1.165) is 45.2 Å². The summed E-state index contributed by atoms with van der Waals surface area (Å²) < 4.78 is 1.82. The zero-order valence-electron chi connectivity index (χ0n) is 14.0. The molecule has 24 heavy (non-hydrogen) atoms. The first kappa shape index (κ1) is 16.9. The number of aromatic nitrogens is 3. The van der Waals surface area contributed by atoms with Gasteiger partial charge in [-0.15, -0.1) is 0 Å². The standard InChI is InChI=1S/C16H26N6O2/c23-15(20-14-6-1-3-7-18-16(14)24)10-21-8-4-2-5-13(21)9-22-12-17-11-19-22/h11-14H,1-10H2,(H,18,24)(H,20,23)/t13-,14-/m1/s1. The summed E-state index contributed by atoms with van der Waals surface area (Å²) in [5.74, 6) is -0.124. The van der Waals surface area contributed by atoms with Crippen molar-refractivity contribution in [2.45, 2.75) is 57.2 Å². The van der Waals surface area contributed by atoms with E-state index < -0.39 is 6.04 Å². The molecular formula is C16H26N6O2. The molecule has 2 saturated heterocycles. The van der Waals surface area contributed by atoms with E-state index in [1.807, 2.05) is 4.68 Å². The first-order chi connectivity index (χ1) is 11.7. The molecule has 0 saturated carbocycles. The van der Waals surface area contributed by atoms with Gasteiger partial charge in [-0.1, -0.05) is 6.42 Å².